The maximum atomic E-state index is 11.6. The Balaban J connectivity index is 2.31. The van der Waals surface area contributed by atoms with Crippen LogP contribution in [0.25, 0.3) is 0 Å². The Bertz CT molecular complexity index is 314. The first-order valence-corrected chi connectivity index (χ1v) is 7.45. The van der Waals surface area contributed by atoms with E-state index >= 15 is 0 Å². The van der Waals surface area contributed by atoms with Crippen molar-refractivity contribution in [3.05, 3.63) is 22.4 Å². The Morgan fingerprint density at radius 1 is 1.69 bits per heavy atom. The highest BCUT2D eigenvalue weighted by Crippen LogP contribution is 2.15. The molecule has 0 aliphatic rings. The monoisotopic (exact) mass is 259 g/mol. The molecule has 1 amide bonds. The van der Waals surface area contributed by atoms with Gasteiger partial charge in [0.05, 0.1) is 6.10 Å². The zero-order valence-electron chi connectivity index (χ0n) is 9.47. The molecular formula is C11H17NO2S2. The number of rotatable bonds is 6. The van der Waals surface area contributed by atoms with Crippen LogP contribution in [0.4, 0.5) is 0 Å². The predicted octanol–water partition coefficient (Wildman–Crippen LogP) is 1.90. The molecule has 0 saturated carbocycles. The van der Waals surface area contributed by atoms with Gasteiger partial charge in [0, 0.05) is 18.2 Å². The lowest BCUT2D eigenvalue weighted by molar-refractivity contribution is -0.124. The van der Waals surface area contributed by atoms with E-state index in [1.165, 1.54) is 0 Å². The standard InChI is InChI=1S/C11H17NO2S2/c1-8(6-15-2)11(14)12-5-10(13)9-3-4-16-7-9/h3-4,7-8,10,13H,5-6H2,1-2H3,(H,12,14). The molecule has 0 radical (unpaired) electrons. The van der Waals surface area contributed by atoms with Crippen LogP contribution in [0.2, 0.25) is 0 Å². The van der Waals surface area contributed by atoms with Gasteiger partial charge in [-0.3, -0.25) is 4.79 Å². The summed E-state index contributed by atoms with van der Waals surface area (Å²) in [5, 5.41) is 16.3. The van der Waals surface area contributed by atoms with E-state index in [4.69, 9.17) is 0 Å². The fourth-order valence-electron chi connectivity index (χ4n) is 1.28. The minimum Gasteiger partial charge on any atom is -0.387 e. The summed E-state index contributed by atoms with van der Waals surface area (Å²) in [6, 6.07) is 1.87. The maximum Gasteiger partial charge on any atom is 0.223 e. The summed E-state index contributed by atoms with van der Waals surface area (Å²) in [6.07, 6.45) is 1.38. The van der Waals surface area contributed by atoms with Gasteiger partial charge >= 0.3 is 0 Å². The number of carbonyl (C=O) groups excluding carboxylic acids is 1. The van der Waals surface area contributed by atoms with Crippen molar-refractivity contribution in [2.24, 2.45) is 5.92 Å². The number of carbonyl (C=O) groups is 1. The second-order valence-corrected chi connectivity index (χ2v) is 5.36. The van der Waals surface area contributed by atoms with E-state index in [0.717, 1.165) is 11.3 Å². The van der Waals surface area contributed by atoms with Crippen molar-refractivity contribution in [1.29, 1.82) is 0 Å². The maximum absolute atomic E-state index is 11.6. The lowest BCUT2D eigenvalue weighted by Gasteiger charge is -2.13. The molecule has 90 valence electrons. The van der Waals surface area contributed by atoms with Gasteiger partial charge in [-0.2, -0.15) is 23.1 Å². The van der Waals surface area contributed by atoms with E-state index in [1.54, 1.807) is 23.1 Å². The summed E-state index contributed by atoms with van der Waals surface area (Å²) in [4.78, 5) is 11.6. The number of thioether (sulfide) groups is 1. The van der Waals surface area contributed by atoms with Crippen molar-refractivity contribution >= 4 is 29.0 Å². The van der Waals surface area contributed by atoms with E-state index in [9.17, 15) is 9.90 Å². The summed E-state index contributed by atoms with van der Waals surface area (Å²) < 4.78 is 0. The predicted molar refractivity (Wildman–Crippen MR) is 69.8 cm³/mol. The summed E-state index contributed by atoms with van der Waals surface area (Å²) in [5.41, 5.74) is 0.864. The van der Waals surface area contributed by atoms with E-state index < -0.39 is 6.10 Å². The molecule has 16 heavy (non-hydrogen) atoms. The van der Waals surface area contributed by atoms with E-state index in [1.807, 2.05) is 30.0 Å². The van der Waals surface area contributed by atoms with Gasteiger partial charge < -0.3 is 10.4 Å². The fraction of sp³-hybridized carbons (Fsp3) is 0.545. The van der Waals surface area contributed by atoms with Crippen molar-refractivity contribution < 1.29 is 9.90 Å². The van der Waals surface area contributed by atoms with Gasteiger partial charge in [-0.25, -0.2) is 0 Å². The highest BCUT2D eigenvalue weighted by molar-refractivity contribution is 7.98. The molecule has 1 aromatic heterocycles. The molecule has 0 aliphatic carbocycles. The first-order chi connectivity index (χ1) is 7.65. The van der Waals surface area contributed by atoms with Gasteiger partial charge in [0.1, 0.15) is 0 Å². The molecule has 5 heteroatoms. The molecule has 0 fully saturated rings. The van der Waals surface area contributed by atoms with Crippen LogP contribution < -0.4 is 5.32 Å². The molecular weight excluding hydrogens is 242 g/mol. The van der Waals surface area contributed by atoms with Crippen LogP contribution in [0.15, 0.2) is 16.8 Å². The number of nitrogens with one attached hydrogen (secondary N) is 1. The summed E-state index contributed by atoms with van der Waals surface area (Å²) in [6.45, 7) is 2.18. The van der Waals surface area contributed by atoms with Gasteiger partial charge in [-0.15, -0.1) is 0 Å². The largest absolute Gasteiger partial charge is 0.387 e. The molecule has 3 nitrogen and oxygen atoms in total. The molecule has 0 saturated heterocycles. The number of thiophene rings is 1. The van der Waals surface area contributed by atoms with Crippen molar-refractivity contribution in [3.63, 3.8) is 0 Å². The summed E-state index contributed by atoms with van der Waals surface area (Å²) >= 11 is 3.19. The van der Waals surface area contributed by atoms with Crippen molar-refractivity contribution in [3.8, 4) is 0 Å². The second-order valence-electron chi connectivity index (χ2n) is 3.67. The lowest BCUT2D eigenvalue weighted by atomic mass is 10.1. The Kier molecular flexibility index (Phi) is 5.87. The van der Waals surface area contributed by atoms with Crippen LogP contribution in [-0.4, -0.2) is 29.6 Å². The number of hydrogen-bond acceptors (Lipinski definition) is 4. The first kappa shape index (κ1) is 13.5. The average Bonchev–Trinajstić information content (AvgIpc) is 2.79. The smallest absolute Gasteiger partial charge is 0.223 e. The zero-order chi connectivity index (χ0) is 12.0. The number of amides is 1. The Morgan fingerprint density at radius 2 is 2.44 bits per heavy atom. The molecule has 1 rings (SSSR count). The lowest BCUT2D eigenvalue weighted by Crippen LogP contribution is -2.33. The Hall–Kier alpha value is -0.520. The molecule has 2 atom stereocenters. The highest BCUT2D eigenvalue weighted by Gasteiger charge is 2.14. The molecule has 1 aromatic rings. The molecule has 0 bridgehead atoms. The van der Waals surface area contributed by atoms with Crippen LogP contribution in [0.3, 0.4) is 0 Å². The topological polar surface area (TPSA) is 49.3 Å². The summed E-state index contributed by atoms with van der Waals surface area (Å²) in [5.74, 6) is 0.800. The number of hydrogen-bond donors (Lipinski definition) is 2. The van der Waals surface area contributed by atoms with Crippen LogP contribution in [0.5, 0.6) is 0 Å². The molecule has 2 unspecified atom stereocenters. The van der Waals surface area contributed by atoms with Crippen LogP contribution >= 0.6 is 23.1 Å². The molecule has 0 aliphatic heterocycles. The van der Waals surface area contributed by atoms with Gasteiger partial charge in [0.25, 0.3) is 0 Å². The third-order valence-electron chi connectivity index (χ3n) is 2.26. The molecule has 2 N–H and O–H groups in total. The fourth-order valence-corrected chi connectivity index (χ4v) is 2.64. The molecule has 0 aromatic carbocycles. The van der Waals surface area contributed by atoms with Crippen LogP contribution in [0.1, 0.15) is 18.6 Å². The van der Waals surface area contributed by atoms with E-state index in [2.05, 4.69) is 5.32 Å². The minimum atomic E-state index is -0.600. The van der Waals surface area contributed by atoms with Gasteiger partial charge in [0.2, 0.25) is 5.91 Å². The third-order valence-corrected chi connectivity index (χ3v) is 3.80. The molecule has 1 heterocycles. The SMILES string of the molecule is CSCC(C)C(=O)NCC(O)c1ccsc1. The Morgan fingerprint density at radius 3 is 3.00 bits per heavy atom. The first-order valence-electron chi connectivity index (χ1n) is 5.12. The average molecular weight is 259 g/mol. The second kappa shape index (κ2) is 6.93. The van der Waals surface area contributed by atoms with Crippen LogP contribution in [-0.2, 0) is 4.79 Å². The van der Waals surface area contributed by atoms with E-state index in [0.29, 0.717) is 0 Å². The third kappa shape index (κ3) is 4.15. The van der Waals surface area contributed by atoms with Gasteiger partial charge in [0.15, 0.2) is 0 Å². The quantitative estimate of drug-likeness (QED) is 0.820. The van der Waals surface area contributed by atoms with Crippen LogP contribution in [0, 0.1) is 5.92 Å². The summed E-state index contributed by atoms with van der Waals surface area (Å²) in [7, 11) is 0. The number of aliphatic hydroxyl groups is 1. The highest BCUT2D eigenvalue weighted by atomic mass is 32.2. The number of aliphatic hydroxyl groups excluding tert-OH is 1. The van der Waals surface area contributed by atoms with Gasteiger partial charge in [-0.05, 0) is 28.6 Å². The minimum absolute atomic E-state index is 0.00336. The van der Waals surface area contributed by atoms with E-state index in [-0.39, 0.29) is 18.4 Å². The van der Waals surface area contributed by atoms with Crippen molar-refractivity contribution in [2.45, 2.75) is 13.0 Å². The zero-order valence-corrected chi connectivity index (χ0v) is 11.1. The normalized spacial score (nSPS) is 14.4. The Labute approximate surface area is 104 Å². The van der Waals surface area contributed by atoms with Crippen molar-refractivity contribution in [1.82, 2.24) is 5.32 Å². The van der Waals surface area contributed by atoms with Crippen molar-refractivity contribution in [2.75, 3.05) is 18.6 Å². The van der Waals surface area contributed by atoms with Gasteiger partial charge in [-0.1, -0.05) is 6.92 Å². The molecule has 0 spiro atoms.